The van der Waals surface area contributed by atoms with E-state index in [4.69, 9.17) is 4.74 Å². The maximum Gasteiger partial charge on any atom is 0.416 e. The number of hydrogen-bond acceptors (Lipinski definition) is 4. The van der Waals surface area contributed by atoms with Crippen LogP contribution in [0.15, 0.2) is 29.3 Å². The second-order valence-electron chi connectivity index (χ2n) is 7.00. The van der Waals surface area contributed by atoms with Crippen LogP contribution in [-0.2, 0) is 10.9 Å². The summed E-state index contributed by atoms with van der Waals surface area (Å²) < 4.78 is 43.7. The van der Waals surface area contributed by atoms with Crippen LogP contribution in [0.2, 0.25) is 0 Å². The van der Waals surface area contributed by atoms with Crippen molar-refractivity contribution in [2.75, 3.05) is 71.5 Å². The molecule has 1 heterocycles. The number of guanidine groups is 1. The number of halogens is 3. The molecule has 0 spiro atoms. The molecule has 0 saturated carbocycles. The predicted molar refractivity (Wildman–Crippen MR) is 111 cm³/mol. The zero-order valence-electron chi connectivity index (χ0n) is 17.3. The molecule has 1 aliphatic rings. The van der Waals surface area contributed by atoms with Crippen LogP contribution in [0.4, 0.5) is 18.9 Å². The quantitative estimate of drug-likeness (QED) is 0.369. The molecule has 0 aliphatic carbocycles. The Balaban J connectivity index is 1.66. The van der Waals surface area contributed by atoms with E-state index in [1.54, 1.807) is 20.2 Å². The van der Waals surface area contributed by atoms with Crippen LogP contribution in [0, 0.1) is 0 Å². The molecule has 0 amide bonds. The molecule has 1 aliphatic heterocycles. The van der Waals surface area contributed by atoms with Crippen LogP contribution in [0.1, 0.15) is 18.4 Å². The summed E-state index contributed by atoms with van der Waals surface area (Å²) in [6, 6.07) is 5.59. The Morgan fingerprint density at radius 3 is 2.41 bits per heavy atom. The van der Waals surface area contributed by atoms with Gasteiger partial charge in [-0.1, -0.05) is 6.07 Å². The molecule has 1 aromatic rings. The minimum Gasteiger partial charge on any atom is -0.385 e. The van der Waals surface area contributed by atoms with E-state index in [-0.39, 0.29) is 0 Å². The normalized spacial score (nSPS) is 16.2. The number of nitrogens with one attached hydrogen (secondary N) is 2. The first-order valence-electron chi connectivity index (χ1n) is 10.0. The standard InChI is InChI=1S/C20H32F3N5O/c1-24-19(26-9-5-15-29-2)25-8-4-10-27-11-13-28(14-12-27)18-7-3-6-17(16-18)20(21,22)23/h3,6-7,16H,4-5,8-15H2,1-2H3,(H2,24,25,26). The predicted octanol–water partition coefficient (Wildman–Crippen LogP) is 2.42. The maximum absolute atomic E-state index is 12.9. The average molecular weight is 416 g/mol. The molecule has 9 heteroatoms. The van der Waals surface area contributed by atoms with E-state index in [1.165, 1.54) is 12.1 Å². The minimum atomic E-state index is -4.30. The number of anilines is 1. The van der Waals surface area contributed by atoms with E-state index in [1.807, 2.05) is 4.90 Å². The molecule has 0 unspecified atom stereocenters. The number of methoxy groups -OCH3 is 1. The van der Waals surface area contributed by atoms with Gasteiger partial charge in [0.25, 0.3) is 0 Å². The highest BCUT2D eigenvalue weighted by Crippen LogP contribution is 2.31. The smallest absolute Gasteiger partial charge is 0.385 e. The Morgan fingerprint density at radius 1 is 1.10 bits per heavy atom. The Kier molecular flexibility index (Phi) is 9.53. The van der Waals surface area contributed by atoms with Crippen LogP contribution in [-0.4, -0.2) is 77.4 Å². The van der Waals surface area contributed by atoms with Crippen molar-refractivity contribution >= 4 is 11.6 Å². The van der Waals surface area contributed by atoms with Crippen LogP contribution in [0.3, 0.4) is 0 Å². The number of aliphatic imine (C=N–C) groups is 1. The number of hydrogen-bond donors (Lipinski definition) is 2. The largest absolute Gasteiger partial charge is 0.416 e. The first-order chi connectivity index (χ1) is 13.9. The first-order valence-corrected chi connectivity index (χ1v) is 10.0. The van der Waals surface area contributed by atoms with E-state index < -0.39 is 11.7 Å². The molecule has 164 valence electrons. The zero-order valence-corrected chi connectivity index (χ0v) is 17.3. The second kappa shape index (κ2) is 11.9. The Bertz CT molecular complexity index is 631. The van der Waals surface area contributed by atoms with Crippen molar-refractivity contribution in [1.29, 1.82) is 0 Å². The third kappa shape index (κ3) is 8.10. The summed E-state index contributed by atoms with van der Waals surface area (Å²) in [5.41, 5.74) is 0.0530. The summed E-state index contributed by atoms with van der Waals surface area (Å²) in [6.07, 6.45) is -2.40. The van der Waals surface area contributed by atoms with Crippen LogP contribution in [0.25, 0.3) is 0 Å². The average Bonchev–Trinajstić information content (AvgIpc) is 2.72. The molecule has 0 aromatic heterocycles. The topological polar surface area (TPSA) is 52.1 Å². The molecule has 2 rings (SSSR count). The first kappa shape index (κ1) is 23.3. The molecule has 1 aromatic carbocycles. The van der Waals surface area contributed by atoms with E-state index in [0.29, 0.717) is 5.69 Å². The number of benzene rings is 1. The number of nitrogens with zero attached hydrogens (tertiary/aromatic N) is 3. The SMILES string of the molecule is CN=C(NCCCOC)NCCCN1CCN(c2cccc(C(F)(F)F)c2)CC1. The van der Waals surface area contributed by atoms with Gasteiger partial charge in [-0.25, -0.2) is 0 Å². The highest BCUT2D eigenvalue weighted by atomic mass is 19.4. The maximum atomic E-state index is 12.9. The van der Waals surface area contributed by atoms with Gasteiger partial charge in [-0.05, 0) is 37.6 Å². The Morgan fingerprint density at radius 2 is 1.79 bits per heavy atom. The molecule has 2 N–H and O–H groups in total. The third-order valence-electron chi connectivity index (χ3n) is 4.90. The van der Waals surface area contributed by atoms with Crippen LogP contribution in [0.5, 0.6) is 0 Å². The van der Waals surface area contributed by atoms with Crippen molar-refractivity contribution in [2.45, 2.75) is 19.0 Å². The van der Waals surface area contributed by atoms with Gasteiger partial charge < -0.3 is 20.3 Å². The van der Waals surface area contributed by atoms with Crippen molar-refractivity contribution < 1.29 is 17.9 Å². The van der Waals surface area contributed by atoms with Gasteiger partial charge in [0, 0.05) is 65.7 Å². The number of rotatable bonds is 9. The summed E-state index contributed by atoms with van der Waals surface area (Å²) in [5.74, 6) is 0.787. The number of ether oxygens (including phenoxy) is 1. The Labute approximate surface area is 171 Å². The second-order valence-corrected chi connectivity index (χ2v) is 7.00. The van der Waals surface area contributed by atoms with E-state index in [2.05, 4.69) is 20.5 Å². The van der Waals surface area contributed by atoms with Gasteiger partial charge in [-0.2, -0.15) is 13.2 Å². The van der Waals surface area contributed by atoms with Gasteiger partial charge in [0.05, 0.1) is 5.56 Å². The van der Waals surface area contributed by atoms with Gasteiger partial charge in [0.1, 0.15) is 0 Å². The lowest BCUT2D eigenvalue weighted by molar-refractivity contribution is -0.137. The van der Waals surface area contributed by atoms with Gasteiger partial charge in [0.2, 0.25) is 0 Å². The van der Waals surface area contributed by atoms with E-state index >= 15 is 0 Å². The highest BCUT2D eigenvalue weighted by Gasteiger charge is 2.31. The van der Waals surface area contributed by atoms with Crippen LogP contribution >= 0.6 is 0 Å². The lowest BCUT2D eigenvalue weighted by atomic mass is 10.1. The Hall–Kier alpha value is -2.00. The highest BCUT2D eigenvalue weighted by molar-refractivity contribution is 5.79. The summed E-state index contributed by atoms with van der Waals surface area (Å²) in [6.45, 7) is 6.46. The van der Waals surface area contributed by atoms with Crippen molar-refractivity contribution in [2.24, 2.45) is 4.99 Å². The molecule has 29 heavy (non-hydrogen) atoms. The van der Waals surface area contributed by atoms with Gasteiger partial charge in [-0.3, -0.25) is 9.89 Å². The third-order valence-corrected chi connectivity index (χ3v) is 4.90. The molecule has 0 atom stereocenters. The van der Waals surface area contributed by atoms with Crippen molar-refractivity contribution in [3.8, 4) is 0 Å². The fourth-order valence-corrected chi connectivity index (χ4v) is 3.26. The molecule has 6 nitrogen and oxygen atoms in total. The van der Waals surface area contributed by atoms with Crippen LogP contribution < -0.4 is 15.5 Å². The molecule has 0 radical (unpaired) electrons. The molecule has 1 fully saturated rings. The molecular formula is C20H32F3N5O. The fraction of sp³-hybridized carbons (Fsp3) is 0.650. The van der Waals surface area contributed by atoms with Gasteiger partial charge in [0.15, 0.2) is 5.96 Å². The summed E-state index contributed by atoms with van der Waals surface area (Å²) in [4.78, 5) is 8.56. The summed E-state index contributed by atoms with van der Waals surface area (Å²) >= 11 is 0. The minimum absolute atomic E-state index is 0.590. The van der Waals surface area contributed by atoms with Crippen molar-refractivity contribution in [3.63, 3.8) is 0 Å². The van der Waals surface area contributed by atoms with E-state index in [9.17, 15) is 13.2 Å². The van der Waals surface area contributed by atoms with Gasteiger partial charge in [-0.15, -0.1) is 0 Å². The van der Waals surface area contributed by atoms with Crippen molar-refractivity contribution in [1.82, 2.24) is 15.5 Å². The zero-order chi connectivity index (χ0) is 21.1. The summed E-state index contributed by atoms with van der Waals surface area (Å²) in [5, 5.41) is 6.54. The monoisotopic (exact) mass is 415 g/mol. The lowest BCUT2D eigenvalue weighted by Crippen LogP contribution is -2.47. The summed E-state index contributed by atoms with van der Waals surface area (Å²) in [7, 11) is 3.44. The van der Waals surface area contributed by atoms with Crippen molar-refractivity contribution in [3.05, 3.63) is 29.8 Å². The lowest BCUT2D eigenvalue weighted by Gasteiger charge is -2.36. The molecule has 1 saturated heterocycles. The van der Waals surface area contributed by atoms with Gasteiger partial charge >= 0.3 is 6.18 Å². The van der Waals surface area contributed by atoms with E-state index in [0.717, 1.165) is 77.3 Å². The molecular weight excluding hydrogens is 383 g/mol. The fourth-order valence-electron chi connectivity index (χ4n) is 3.26. The number of alkyl halides is 3. The molecule has 0 bridgehead atoms. The number of piperazine rings is 1.